The molecule has 0 aliphatic heterocycles. The van der Waals surface area contributed by atoms with E-state index in [9.17, 15) is 13.2 Å². The van der Waals surface area contributed by atoms with Crippen molar-refractivity contribution in [2.45, 2.75) is 30.4 Å². The number of nitrogens with one attached hydrogen (secondary N) is 1. The van der Waals surface area contributed by atoms with E-state index in [1.165, 1.54) is 24.5 Å². The van der Waals surface area contributed by atoms with E-state index in [-0.39, 0.29) is 10.8 Å². The van der Waals surface area contributed by atoms with E-state index < -0.39 is 15.9 Å². The Labute approximate surface area is 143 Å². The minimum Gasteiger partial charge on any atom is -0.299 e. The smallest absolute Gasteiger partial charge is 0.252 e. The van der Waals surface area contributed by atoms with Crippen LogP contribution in [-0.4, -0.2) is 42.4 Å². The number of thiophene rings is 1. The Morgan fingerprint density at radius 3 is 2.83 bits per heavy atom. The number of nitrogens with zero attached hydrogens (tertiary/aromatic N) is 3. The van der Waals surface area contributed by atoms with Crippen molar-refractivity contribution in [3.8, 4) is 0 Å². The number of hydrogen-bond acceptors (Lipinski definition) is 7. The van der Waals surface area contributed by atoms with Gasteiger partial charge in [0, 0.05) is 13.5 Å². The predicted octanol–water partition coefficient (Wildman–Crippen LogP) is 2.20. The largest absolute Gasteiger partial charge is 0.299 e. The molecule has 0 aromatic carbocycles. The van der Waals surface area contributed by atoms with Crippen LogP contribution in [0, 0.1) is 0 Å². The lowest BCUT2D eigenvalue weighted by Gasteiger charge is -2.14. The molecule has 10 heteroatoms. The zero-order chi connectivity index (χ0) is 16.9. The quantitative estimate of drug-likeness (QED) is 0.765. The third kappa shape index (κ3) is 4.80. The number of unbranched alkanes of at least 4 members (excludes halogenated alkanes) is 1. The van der Waals surface area contributed by atoms with Crippen molar-refractivity contribution in [3.63, 3.8) is 0 Å². The summed E-state index contributed by atoms with van der Waals surface area (Å²) >= 11 is 2.43. The molecule has 0 aliphatic carbocycles. The molecule has 0 aliphatic rings. The number of likely N-dealkylation sites (N-methyl/N-ethyl adjacent to an activating group) is 1. The maximum absolute atomic E-state index is 12.2. The molecule has 126 valence electrons. The Morgan fingerprint density at radius 2 is 2.17 bits per heavy atom. The maximum Gasteiger partial charge on any atom is 0.252 e. The molecule has 2 rings (SSSR count). The van der Waals surface area contributed by atoms with Crippen LogP contribution >= 0.6 is 22.7 Å². The molecule has 0 atom stereocenters. The number of carbonyl (C=O) groups is 1. The van der Waals surface area contributed by atoms with Crippen molar-refractivity contribution in [1.82, 2.24) is 14.5 Å². The fourth-order valence-electron chi connectivity index (χ4n) is 1.74. The van der Waals surface area contributed by atoms with E-state index in [1.54, 1.807) is 11.4 Å². The highest BCUT2D eigenvalue weighted by Gasteiger charge is 2.24. The van der Waals surface area contributed by atoms with Crippen molar-refractivity contribution in [1.29, 1.82) is 0 Å². The van der Waals surface area contributed by atoms with E-state index >= 15 is 0 Å². The second-order valence-electron chi connectivity index (χ2n) is 4.85. The number of aromatic nitrogens is 2. The number of carbonyl (C=O) groups excluding carboxylic acids is 1. The normalized spacial score (nSPS) is 11.8. The fraction of sp³-hybridized carbons (Fsp3) is 0.462. The molecule has 0 unspecified atom stereocenters. The van der Waals surface area contributed by atoms with Crippen LogP contribution in [0.25, 0.3) is 0 Å². The van der Waals surface area contributed by atoms with Crippen LogP contribution in [0.15, 0.2) is 21.7 Å². The van der Waals surface area contributed by atoms with Crippen molar-refractivity contribution in [2.75, 3.05) is 18.9 Å². The standard InChI is InChI=1S/C13H18N4O3S3/c1-3-4-6-11-15-16-13(22-11)14-10(18)9-17(2)23(19,20)12-7-5-8-21-12/h5,7-8H,3-4,6,9H2,1-2H3,(H,14,16,18). The second kappa shape index (κ2) is 7.95. The van der Waals surface area contributed by atoms with Crippen LogP contribution in [-0.2, 0) is 21.2 Å². The van der Waals surface area contributed by atoms with E-state index in [0.29, 0.717) is 5.13 Å². The molecule has 2 heterocycles. The van der Waals surface area contributed by atoms with Crippen LogP contribution in [0.2, 0.25) is 0 Å². The van der Waals surface area contributed by atoms with Crippen LogP contribution in [0.4, 0.5) is 5.13 Å². The molecular formula is C13H18N4O3S3. The molecule has 2 aromatic heterocycles. The third-order valence-electron chi connectivity index (χ3n) is 2.98. The molecule has 1 amide bonds. The van der Waals surface area contributed by atoms with E-state index in [4.69, 9.17) is 0 Å². The summed E-state index contributed by atoms with van der Waals surface area (Å²) in [6.45, 7) is 1.82. The molecule has 0 spiro atoms. The molecule has 0 saturated carbocycles. The molecule has 1 N–H and O–H groups in total. The van der Waals surface area contributed by atoms with Gasteiger partial charge in [-0.3, -0.25) is 10.1 Å². The van der Waals surface area contributed by atoms with Gasteiger partial charge in [-0.05, 0) is 17.9 Å². The summed E-state index contributed by atoms with van der Waals surface area (Å²) in [5, 5.41) is 13.4. The lowest BCUT2D eigenvalue weighted by atomic mass is 10.3. The van der Waals surface area contributed by atoms with Gasteiger partial charge in [-0.1, -0.05) is 30.7 Å². The van der Waals surface area contributed by atoms with Gasteiger partial charge in [0.15, 0.2) is 0 Å². The first-order valence-corrected chi connectivity index (χ1v) is 10.2. The number of hydrogen-bond donors (Lipinski definition) is 1. The van der Waals surface area contributed by atoms with E-state index in [1.807, 2.05) is 0 Å². The summed E-state index contributed by atoms with van der Waals surface area (Å²) < 4.78 is 25.7. The lowest BCUT2D eigenvalue weighted by Crippen LogP contribution is -2.34. The summed E-state index contributed by atoms with van der Waals surface area (Å²) in [6.07, 6.45) is 2.91. The van der Waals surface area contributed by atoms with Crippen LogP contribution in [0.3, 0.4) is 0 Å². The van der Waals surface area contributed by atoms with Crippen molar-refractivity contribution in [2.24, 2.45) is 0 Å². The molecule has 2 aromatic rings. The van der Waals surface area contributed by atoms with Gasteiger partial charge in [-0.2, -0.15) is 4.31 Å². The van der Waals surface area contributed by atoms with Crippen LogP contribution in [0.1, 0.15) is 24.8 Å². The maximum atomic E-state index is 12.2. The highest BCUT2D eigenvalue weighted by molar-refractivity contribution is 7.91. The van der Waals surface area contributed by atoms with Gasteiger partial charge in [-0.15, -0.1) is 21.5 Å². The number of anilines is 1. The number of rotatable bonds is 8. The zero-order valence-corrected chi connectivity index (χ0v) is 15.3. The summed E-state index contributed by atoms with van der Waals surface area (Å²) in [5.41, 5.74) is 0. The van der Waals surface area contributed by atoms with Crippen LogP contribution in [0.5, 0.6) is 0 Å². The molecule has 0 bridgehead atoms. The monoisotopic (exact) mass is 374 g/mol. The van der Waals surface area contributed by atoms with Crippen LogP contribution < -0.4 is 5.32 Å². The molecule has 0 radical (unpaired) electrons. The number of amides is 1. The average molecular weight is 375 g/mol. The van der Waals surface area contributed by atoms with Gasteiger partial charge in [0.05, 0.1) is 6.54 Å². The van der Waals surface area contributed by atoms with Crippen molar-refractivity contribution >= 4 is 43.7 Å². The lowest BCUT2D eigenvalue weighted by molar-refractivity contribution is -0.116. The fourth-order valence-corrected chi connectivity index (χ4v) is 4.87. The molecule has 0 saturated heterocycles. The Hall–Kier alpha value is -1.36. The van der Waals surface area contributed by atoms with Gasteiger partial charge in [-0.25, -0.2) is 8.42 Å². The first-order valence-electron chi connectivity index (χ1n) is 7.05. The Balaban J connectivity index is 1.93. The van der Waals surface area contributed by atoms with Gasteiger partial charge < -0.3 is 0 Å². The third-order valence-corrected chi connectivity index (χ3v) is 7.06. The highest BCUT2D eigenvalue weighted by Crippen LogP contribution is 2.20. The Morgan fingerprint density at radius 1 is 1.39 bits per heavy atom. The van der Waals surface area contributed by atoms with Crippen molar-refractivity contribution < 1.29 is 13.2 Å². The molecule has 7 nitrogen and oxygen atoms in total. The SMILES string of the molecule is CCCCc1nnc(NC(=O)CN(C)S(=O)(=O)c2cccs2)s1. The first kappa shape index (κ1) is 18.0. The minimum atomic E-state index is -3.63. The van der Waals surface area contributed by atoms with Gasteiger partial charge in [0.1, 0.15) is 9.22 Å². The zero-order valence-electron chi connectivity index (χ0n) is 12.9. The van der Waals surface area contributed by atoms with E-state index in [2.05, 4.69) is 22.4 Å². The highest BCUT2D eigenvalue weighted by atomic mass is 32.2. The minimum absolute atomic E-state index is 0.213. The van der Waals surface area contributed by atoms with Gasteiger partial charge >= 0.3 is 0 Å². The first-order chi connectivity index (χ1) is 10.9. The second-order valence-corrected chi connectivity index (χ2v) is 9.13. The molecular weight excluding hydrogens is 356 g/mol. The number of aryl methyl sites for hydroxylation is 1. The van der Waals surface area contributed by atoms with Gasteiger partial charge in [0.2, 0.25) is 11.0 Å². The van der Waals surface area contributed by atoms with Crippen molar-refractivity contribution in [3.05, 3.63) is 22.5 Å². The van der Waals surface area contributed by atoms with Gasteiger partial charge in [0.25, 0.3) is 10.0 Å². The topological polar surface area (TPSA) is 92.3 Å². The summed E-state index contributed by atoms with van der Waals surface area (Å²) in [7, 11) is -2.26. The number of sulfonamides is 1. The average Bonchev–Trinajstić information content (AvgIpc) is 3.16. The summed E-state index contributed by atoms with van der Waals surface area (Å²) in [5.74, 6) is -0.439. The molecule has 23 heavy (non-hydrogen) atoms. The summed E-state index contributed by atoms with van der Waals surface area (Å²) in [4.78, 5) is 12.0. The summed E-state index contributed by atoms with van der Waals surface area (Å²) in [6, 6.07) is 3.17. The van der Waals surface area contributed by atoms with E-state index in [0.717, 1.165) is 39.9 Å². The predicted molar refractivity (Wildman–Crippen MR) is 91.3 cm³/mol. The Kier molecular flexibility index (Phi) is 6.22. The Bertz CT molecular complexity index is 740. The molecule has 0 fully saturated rings.